The maximum Gasteiger partial charge on any atom is 0.326 e. The van der Waals surface area contributed by atoms with Gasteiger partial charge >= 0.3 is 5.97 Å². The Bertz CT molecular complexity index is 757. The van der Waals surface area contributed by atoms with Crippen LogP contribution in [0.1, 0.15) is 55.6 Å². The number of carbonyl (C=O) groups excluding carboxylic acids is 3. The summed E-state index contributed by atoms with van der Waals surface area (Å²) in [5, 5.41) is 11.4. The minimum atomic E-state index is -1.17. The lowest BCUT2D eigenvalue weighted by atomic mass is 10.1. The second-order valence-electron chi connectivity index (χ2n) is 7.46. The third-order valence-electron chi connectivity index (χ3n) is 5.10. The monoisotopic (exact) mass is 418 g/mol. The summed E-state index contributed by atoms with van der Waals surface area (Å²) in [6.45, 7) is 4.94. The zero-order valence-corrected chi connectivity index (χ0v) is 17.6. The number of carboxylic acid groups (broad SMARTS) is 1. The number of rotatable bonds is 9. The number of pyridine rings is 1. The van der Waals surface area contributed by atoms with Crippen LogP contribution in [0.5, 0.6) is 0 Å². The molecule has 2 N–H and O–H groups in total. The number of hydrogen-bond acceptors (Lipinski definition) is 5. The standard InChI is InChI=1S/C21H30N4O5/c1-3-4-5-16-6-7-17(22-14-16)20(28)25-12-10-24(11-13-25)19(27)9-8-18(21(29)30)23-15(2)26/h6-7,14,18H,3-5,8-13H2,1-2H3,(H,23,26)(H,29,30). The molecule has 0 radical (unpaired) electrons. The average molecular weight is 418 g/mol. The summed E-state index contributed by atoms with van der Waals surface area (Å²) in [7, 11) is 0. The zero-order chi connectivity index (χ0) is 22.1. The maximum atomic E-state index is 12.6. The second kappa shape index (κ2) is 11.3. The smallest absolute Gasteiger partial charge is 0.326 e. The number of aliphatic carboxylic acids is 1. The Hall–Kier alpha value is -2.97. The normalized spacial score (nSPS) is 14.9. The predicted molar refractivity (Wildman–Crippen MR) is 110 cm³/mol. The molecule has 1 aromatic heterocycles. The number of nitrogens with zero attached hydrogens (tertiary/aromatic N) is 3. The summed E-state index contributed by atoms with van der Waals surface area (Å²) >= 11 is 0. The summed E-state index contributed by atoms with van der Waals surface area (Å²) in [5.41, 5.74) is 1.51. The Morgan fingerprint density at radius 1 is 1.13 bits per heavy atom. The van der Waals surface area contributed by atoms with Crippen molar-refractivity contribution in [2.45, 2.75) is 52.0 Å². The Balaban J connectivity index is 1.82. The van der Waals surface area contributed by atoms with Crippen molar-refractivity contribution in [1.82, 2.24) is 20.1 Å². The number of aryl methyl sites for hydroxylation is 1. The molecule has 9 nitrogen and oxygen atoms in total. The van der Waals surface area contributed by atoms with E-state index in [0.29, 0.717) is 31.9 Å². The van der Waals surface area contributed by atoms with Gasteiger partial charge in [0, 0.05) is 45.7 Å². The van der Waals surface area contributed by atoms with Crippen LogP contribution in [0.25, 0.3) is 0 Å². The van der Waals surface area contributed by atoms with E-state index in [-0.39, 0.29) is 24.7 Å². The van der Waals surface area contributed by atoms with E-state index in [4.69, 9.17) is 5.11 Å². The molecule has 1 fully saturated rings. The van der Waals surface area contributed by atoms with Crippen LogP contribution in [0.4, 0.5) is 0 Å². The summed E-state index contributed by atoms with van der Waals surface area (Å²) in [6, 6.07) is 2.60. The van der Waals surface area contributed by atoms with Crippen molar-refractivity contribution in [2.75, 3.05) is 26.2 Å². The van der Waals surface area contributed by atoms with Crippen LogP contribution in [0, 0.1) is 0 Å². The molecule has 1 aliphatic rings. The molecule has 3 amide bonds. The first-order chi connectivity index (χ1) is 14.3. The number of aromatic nitrogens is 1. The Morgan fingerprint density at radius 2 is 1.80 bits per heavy atom. The van der Waals surface area contributed by atoms with E-state index in [1.165, 1.54) is 6.92 Å². The van der Waals surface area contributed by atoms with Gasteiger partial charge in [-0.25, -0.2) is 4.79 Å². The SMILES string of the molecule is CCCCc1ccc(C(=O)N2CCN(C(=O)CCC(NC(C)=O)C(=O)O)CC2)nc1. The van der Waals surface area contributed by atoms with Crippen LogP contribution in [-0.4, -0.2) is 75.8 Å². The van der Waals surface area contributed by atoms with Gasteiger partial charge in [-0.2, -0.15) is 0 Å². The van der Waals surface area contributed by atoms with Crippen LogP contribution in [0.15, 0.2) is 18.3 Å². The molecular weight excluding hydrogens is 388 g/mol. The number of amides is 3. The van der Waals surface area contributed by atoms with Crippen LogP contribution >= 0.6 is 0 Å². The van der Waals surface area contributed by atoms with E-state index < -0.39 is 17.9 Å². The molecule has 1 saturated heterocycles. The molecule has 0 bridgehead atoms. The molecule has 1 aromatic rings. The summed E-state index contributed by atoms with van der Waals surface area (Å²) in [6.07, 6.45) is 4.93. The van der Waals surface area contributed by atoms with Crippen molar-refractivity contribution in [3.05, 3.63) is 29.6 Å². The molecule has 0 spiro atoms. The third kappa shape index (κ3) is 6.82. The first-order valence-corrected chi connectivity index (χ1v) is 10.3. The number of unbranched alkanes of at least 4 members (excludes halogenated alkanes) is 1. The average Bonchev–Trinajstić information content (AvgIpc) is 2.74. The van der Waals surface area contributed by atoms with Crippen LogP contribution < -0.4 is 5.32 Å². The van der Waals surface area contributed by atoms with E-state index >= 15 is 0 Å². The molecule has 30 heavy (non-hydrogen) atoms. The molecule has 0 aromatic carbocycles. The summed E-state index contributed by atoms with van der Waals surface area (Å²) in [5.74, 6) is -1.95. The van der Waals surface area contributed by atoms with Gasteiger partial charge in [0.05, 0.1) is 0 Å². The molecule has 0 aliphatic carbocycles. The highest BCUT2D eigenvalue weighted by atomic mass is 16.4. The van der Waals surface area contributed by atoms with Crippen molar-refractivity contribution in [3.8, 4) is 0 Å². The fraction of sp³-hybridized carbons (Fsp3) is 0.571. The zero-order valence-electron chi connectivity index (χ0n) is 17.6. The first-order valence-electron chi connectivity index (χ1n) is 10.3. The van der Waals surface area contributed by atoms with Gasteiger partial charge in [-0.1, -0.05) is 19.4 Å². The Kier molecular flexibility index (Phi) is 8.76. The highest BCUT2D eigenvalue weighted by Gasteiger charge is 2.27. The van der Waals surface area contributed by atoms with E-state index in [9.17, 15) is 19.2 Å². The van der Waals surface area contributed by atoms with Crippen molar-refractivity contribution in [3.63, 3.8) is 0 Å². The van der Waals surface area contributed by atoms with Gasteiger partial charge in [-0.3, -0.25) is 19.4 Å². The Morgan fingerprint density at radius 3 is 2.33 bits per heavy atom. The molecule has 9 heteroatoms. The summed E-state index contributed by atoms with van der Waals surface area (Å²) in [4.78, 5) is 54.9. The molecule has 0 saturated carbocycles. The number of piperazine rings is 1. The van der Waals surface area contributed by atoms with Crippen LogP contribution in [0.2, 0.25) is 0 Å². The van der Waals surface area contributed by atoms with Crippen LogP contribution in [0.3, 0.4) is 0 Å². The lowest BCUT2D eigenvalue weighted by molar-refractivity contribution is -0.142. The molecule has 1 aliphatic heterocycles. The van der Waals surface area contributed by atoms with E-state index in [1.54, 1.807) is 22.1 Å². The highest BCUT2D eigenvalue weighted by Crippen LogP contribution is 2.11. The van der Waals surface area contributed by atoms with E-state index in [2.05, 4.69) is 17.2 Å². The molecule has 2 rings (SSSR count). The number of carbonyl (C=O) groups is 4. The first kappa shape index (κ1) is 23.3. The molecule has 1 atom stereocenters. The van der Waals surface area contributed by atoms with Crippen molar-refractivity contribution < 1.29 is 24.3 Å². The fourth-order valence-electron chi connectivity index (χ4n) is 3.33. The highest BCUT2D eigenvalue weighted by molar-refractivity contribution is 5.92. The largest absolute Gasteiger partial charge is 0.480 e. The van der Waals surface area contributed by atoms with Gasteiger partial charge in [0.1, 0.15) is 11.7 Å². The Labute approximate surface area is 176 Å². The molecule has 1 unspecified atom stereocenters. The predicted octanol–water partition coefficient (Wildman–Crippen LogP) is 1.08. The van der Waals surface area contributed by atoms with Crippen LogP contribution in [-0.2, 0) is 20.8 Å². The number of nitrogens with one attached hydrogen (secondary N) is 1. The minimum absolute atomic E-state index is 0.0198. The fourth-order valence-corrected chi connectivity index (χ4v) is 3.33. The number of hydrogen-bond donors (Lipinski definition) is 2. The quantitative estimate of drug-likeness (QED) is 0.619. The molecule has 164 valence electrons. The minimum Gasteiger partial charge on any atom is -0.480 e. The summed E-state index contributed by atoms with van der Waals surface area (Å²) < 4.78 is 0. The lowest BCUT2D eigenvalue weighted by Crippen LogP contribution is -2.51. The maximum absolute atomic E-state index is 12.6. The second-order valence-corrected chi connectivity index (χ2v) is 7.46. The molecular formula is C21H30N4O5. The van der Waals surface area contributed by atoms with Gasteiger partial charge in [0.15, 0.2) is 0 Å². The van der Waals surface area contributed by atoms with Gasteiger partial charge < -0.3 is 20.2 Å². The third-order valence-corrected chi connectivity index (χ3v) is 5.10. The van der Waals surface area contributed by atoms with Gasteiger partial charge in [-0.15, -0.1) is 0 Å². The lowest BCUT2D eigenvalue weighted by Gasteiger charge is -2.34. The number of carboxylic acids is 1. The van der Waals surface area contributed by atoms with Gasteiger partial charge in [-0.05, 0) is 30.9 Å². The topological polar surface area (TPSA) is 120 Å². The van der Waals surface area contributed by atoms with Gasteiger partial charge in [0.25, 0.3) is 5.91 Å². The van der Waals surface area contributed by atoms with Crippen molar-refractivity contribution >= 4 is 23.7 Å². The van der Waals surface area contributed by atoms with Crippen molar-refractivity contribution in [2.24, 2.45) is 0 Å². The molecule has 2 heterocycles. The van der Waals surface area contributed by atoms with E-state index in [0.717, 1.165) is 24.8 Å². The van der Waals surface area contributed by atoms with Crippen molar-refractivity contribution in [1.29, 1.82) is 0 Å². The van der Waals surface area contributed by atoms with Gasteiger partial charge in [0.2, 0.25) is 11.8 Å². The van der Waals surface area contributed by atoms with E-state index in [1.807, 2.05) is 6.07 Å².